The quantitative estimate of drug-likeness (QED) is 0.849. The molecule has 2 aromatic rings. The number of benzene rings is 2. The predicted octanol–water partition coefficient (Wildman–Crippen LogP) is 3.49. The van der Waals surface area contributed by atoms with Gasteiger partial charge in [0, 0.05) is 6.54 Å². The smallest absolute Gasteiger partial charge is 0.0178 e. The van der Waals surface area contributed by atoms with Crippen LogP contribution in [-0.2, 0) is 25.8 Å². The van der Waals surface area contributed by atoms with Crippen LogP contribution in [0.4, 0.5) is 0 Å². The first kappa shape index (κ1) is 12.8. The van der Waals surface area contributed by atoms with Gasteiger partial charge in [0.05, 0.1) is 0 Å². The molecular weight excluding hydrogens is 218 g/mol. The lowest BCUT2D eigenvalue weighted by molar-refractivity contribution is 0.952. The molecule has 0 spiro atoms. The van der Waals surface area contributed by atoms with E-state index in [-0.39, 0.29) is 0 Å². The van der Waals surface area contributed by atoms with E-state index in [1.165, 1.54) is 22.3 Å². The van der Waals surface area contributed by atoms with Crippen molar-refractivity contribution in [2.75, 3.05) is 0 Å². The summed E-state index contributed by atoms with van der Waals surface area (Å²) in [6, 6.07) is 17.6. The predicted molar refractivity (Wildman–Crippen MR) is 77.6 cm³/mol. The van der Waals surface area contributed by atoms with Gasteiger partial charge in [0.15, 0.2) is 0 Å². The van der Waals surface area contributed by atoms with Crippen molar-refractivity contribution in [3.63, 3.8) is 0 Å². The van der Waals surface area contributed by atoms with Crippen LogP contribution >= 0.6 is 0 Å². The van der Waals surface area contributed by atoms with Crippen LogP contribution in [0, 0.1) is 0 Å². The van der Waals surface area contributed by atoms with Crippen LogP contribution in [0.2, 0.25) is 0 Å². The topological polar surface area (TPSA) is 26.0 Å². The zero-order valence-corrected chi connectivity index (χ0v) is 11.0. The van der Waals surface area contributed by atoms with Crippen molar-refractivity contribution in [3.8, 4) is 0 Å². The van der Waals surface area contributed by atoms with Gasteiger partial charge in [0.25, 0.3) is 0 Å². The van der Waals surface area contributed by atoms with Crippen LogP contribution in [0.25, 0.3) is 0 Å². The highest BCUT2D eigenvalue weighted by atomic mass is 14.5. The lowest BCUT2D eigenvalue weighted by Crippen LogP contribution is -1.97. The van der Waals surface area contributed by atoms with Crippen molar-refractivity contribution in [2.45, 2.75) is 32.7 Å². The van der Waals surface area contributed by atoms with Gasteiger partial charge in [-0.3, -0.25) is 0 Å². The van der Waals surface area contributed by atoms with E-state index in [0.29, 0.717) is 6.54 Å². The molecule has 1 nitrogen and oxygen atoms in total. The minimum atomic E-state index is 0.624. The molecule has 0 aliphatic rings. The molecule has 18 heavy (non-hydrogen) atoms. The number of rotatable bonds is 5. The molecule has 2 aromatic carbocycles. The Morgan fingerprint density at radius 1 is 0.667 bits per heavy atom. The molecule has 0 aliphatic heterocycles. The zero-order chi connectivity index (χ0) is 12.8. The van der Waals surface area contributed by atoms with Gasteiger partial charge < -0.3 is 5.73 Å². The van der Waals surface area contributed by atoms with Gasteiger partial charge in [0.2, 0.25) is 0 Å². The lowest BCUT2D eigenvalue weighted by atomic mass is 10.0. The number of nitrogens with two attached hydrogens (primary N) is 1. The van der Waals surface area contributed by atoms with Crippen molar-refractivity contribution in [1.82, 2.24) is 0 Å². The van der Waals surface area contributed by atoms with Gasteiger partial charge in [-0.25, -0.2) is 0 Å². The maximum atomic E-state index is 5.59. The van der Waals surface area contributed by atoms with Crippen LogP contribution in [0.1, 0.15) is 29.2 Å². The van der Waals surface area contributed by atoms with E-state index in [2.05, 4.69) is 55.5 Å². The first-order valence-corrected chi connectivity index (χ1v) is 6.67. The highest BCUT2D eigenvalue weighted by Crippen LogP contribution is 2.10. The molecule has 0 saturated carbocycles. The summed E-state index contributed by atoms with van der Waals surface area (Å²) in [5.41, 5.74) is 11.0. The lowest BCUT2D eigenvalue weighted by Gasteiger charge is -2.04. The molecular formula is C17H21N. The van der Waals surface area contributed by atoms with Crippen molar-refractivity contribution in [2.24, 2.45) is 5.73 Å². The molecule has 0 bridgehead atoms. The fraction of sp³-hybridized carbons (Fsp3) is 0.294. The molecule has 94 valence electrons. The third-order valence-electron chi connectivity index (χ3n) is 3.39. The monoisotopic (exact) mass is 239 g/mol. The van der Waals surface area contributed by atoms with Crippen molar-refractivity contribution in [3.05, 3.63) is 70.8 Å². The van der Waals surface area contributed by atoms with Crippen molar-refractivity contribution >= 4 is 0 Å². The normalized spacial score (nSPS) is 10.6. The summed E-state index contributed by atoms with van der Waals surface area (Å²) in [4.78, 5) is 0. The Morgan fingerprint density at radius 2 is 1.06 bits per heavy atom. The van der Waals surface area contributed by atoms with E-state index in [0.717, 1.165) is 19.3 Å². The molecule has 0 fully saturated rings. The standard InChI is InChI=1S/C17H21N/c1-2-14-3-5-15(6-4-14)7-8-16-9-11-17(13-18)12-10-16/h3-6,9-12H,2,7-8,13,18H2,1H3. The third kappa shape index (κ3) is 3.44. The average Bonchev–Trinajstić information content (AvgIpc) is 2.46. The van der Waals surface area contributed by atoms with Gasteiger partial charge in [-0.2, -0.15) is 0 Å². The Bertz CT molecular complexity index is 420. The molecule has 0 unspecified atom stereocenters. The Labute approximate surface area is 110 Å². The minimum Gasteiger partial charge on any atom is -0.326 e. The van der Waals surface area contributed by atoms with E-state index in [9.17, 15) is 0 Å². The fourth-order valence-electron chi connectivity index (χ4n) is 2.07. The van der Waals surface area contributed by atoms with Crippen LogP contribution in [0.5, 0.6) is 0 Å². The summed E-state index contributed by atoms with van der Waals surface area (Å²) in [6.07, 6.45) is 3.31. The van der Waals surface area contributed by atoms with E-state index in [4.69, 9.17) is 5.73 Å². The van der Waals surface area contributed by atoms with Crippen LogP contribution in [0.3, 0.4) is 0 Å². The molecule has 2 rings (SSSR count). The summed E-state index contributed by atoms with van der Waals surface area (Å²) in [7, 11) is 0. The summed E-state index contributed by atoms with van der Waals surface area (Å²) < 4.78 is 0. The summed E-state index contributed by atoms with van der Waals surface area (Å²) in [6.45, 7) is 2.81. The summed E-state index contributed by atoms with van der Waals surface area (Å²) in [5.74, 6) is 0. The van der Waals surface area contributed by atoms with Crippen LogP contribution < -0.4 is 5.73 Å². The largest absolute Gasteiger partial charge is 0.326 e. The molecule has 0 amide bonds. The fourth-order valence-corrected chi connectivity index (χ4v) is 2.07. The molecule has 0 aliphatic carbocycles. The second-order valence-corrected chi connectivity index (χ2v) is 4.69. The molecule has 0 radical (unpaired) electrons. The third-order valence-corrected chi connectivity index (χ3v) is 3.39. The second kappa shape index (κ2) is 6.36. The number of hydrogen-bond donors (Lipinski definition) is 1. The van der Waals surface area contributed by atoms with E-state index in [1.807, 2.05) is 0 Å². The van der Waals surface area contributed by atoms with E-state index in [1.54, 1.807) is 0 Å². The first-order valence-electron chi connectivity index (χ1n) is 6.67. The van der Waals surface area contributed by atoms with E-state index >= 15 is 0 Å². The number of aryl methyl sites for hydroxylation is 3. The van der Waals surface area contributed by atoms with Gasteiger partial charge in [-0.05, 0) is 41.5 Å². The molecule has 1 heteroatoms. The maximum absolute atomic E-state index is 5.59. The zero-order valence-electron chi connectivity index (χ0n) is 11.0. The Balaban J connectivity index is 1.93. The van der Waals surface area contributed by atoms with Crippen LogP contribution in [-0.4, -0.2) is 0 Å². The SMILES string of the molecule is CCc1ccc(CCc2ccc(CN)cc2)cc1. The van der Waals surface area contributed by atoms with Gasteiger partial charge >= 0.3 is 0 Å². The summed E-state index contributed by atoms with van der Waals surface area (Å²) >= 11 is 0. The van der Waals surface area contributed by atoms with Crippen molar-refractivity contribution in [1.29, 1.82) is 0 Å². The molecule has 0 aromatic heterocycles. The van der Waals surface area contributed by atoms with Gasteiger partial charge in [0.1, 0.15) is 0 Å². The van der Waals surface area contributed by atoms with Gasteiger partial charge in [-0.1, -0.05) is 55.5 Å². The first-order chi connectivity index (χ1) is 8.81. The van der Waals surface area contributed by atoms with Gasteiger partial charge in [-0.15, -0.1) is 0 Å². The van der Waals surface area contributed by atoms with Crippen LogP contribution in [0.15, 0.2) is 48.5 Å². The Kier molecular flexibility index (Phi) is 4.54. The molecule has 0 atom stereocenters. The highest BCUT2D eigenvalue weighted by molar-refractivity contribution is 5.26. The number of hydrogen-bond acceptors (Lipinski definition) is 1. The maximum Gasteiger partial charge on any atom is 0.0178 e. The molecule has 0 saturated heterocycles. The minimum absolute atomic E-state index is 0.624. The van der Waals surface area contributed by atoms with Crippen molar-refractivity contribution < 1.29 is 0 Å². The summed E-state index contributed by atoms with van der Waals surface area (Å²) in [5, 5.41) is 0. The Morgan fingerprint density at radius 3 is 1.44 bits per heavy atom. The Hall–Kier alpha value is -1.60. The highest BCUT2D eigenvalue weighted by Gasteiger charge is 1.97. The van der Waals surface area contributed by atoms with E-state index < -0.39 is 0 Å². The second-order valence-electron chi connectivity index (χ2n) is 4.69. The molecule has 0 heterocycles. The average molecular weight is 239 g/mol. The molecule has 2 N–H and O–H groups in total.